The number of nitriles is 1. The molecular weight excluding hydrogens is 408 g/mol. The highest BCUT2D eigenvalue weighted by atomic mass is 35.5. The summed E-state index contributed by atoms with van der Waals surface area (Å²) in [5.74, 6) is 0.0182. The Hall–Kier alpha value is -3.59. The molecule has 0 bridgehead atoms. The number of H-pyrrole nitrogens is 1. The van der Waals surface area contributed by atoms with Crippen molar-refractivity contribution in [2.24, 2.45) is 4.99 Å². The lowest BCUT2D eigenvalue weighted by Gasteiger charge is -2.10. The fourth-order valence-corrected chi connectivity index (χ4v) is 3.70. The van der Waals surface area contributed by atoms with Gasteiger partial charge in [0.15, 0.2) is 5.88 Å². The monoisotopic (exact) mass is 428 g/mol. The minimum absolute atomic E-state index is 0.0182. The van der Waals surface area contributed by atoms with Crippen LogP contribution in [-0.2, 0) is 6.54 Å². The quantitative estimate of drug-likeness (QED) is 0.404. The number of nitrogens with one attached hydrogen (secondary N) is 1. The molecule has 4 rings (SSSR count). The molecule has 0 aliphatic heterocycles. The van der Waals surface area contributed by atoms with Crippen LogP contribution in [0.5, 0.6) is 5.88 Å². The smallest absolute Gasteiger partial charge is 0.199 e. The zero-order chi connectivity index (χ0) is 22.0. The van der Waals surface area contributed by atoms with Crippen molar-refractivity contribution >= 4 is 33.9 Å². The molecule has 0 unspecified atom stereocenters. The highest BCUT2D eigenvalue weighted by Gasteiger charge is 2.19. The van der Waals surface area contributed by atoms with Crippen LogP contribution >= 0.6 is 11.6 Å². The number of aromatic nitrogens is 1. The second-order valence-electron chi connectivity index (χ2n) is 7.59. The van der Waals surface area contributed by atoms with E-state index >= 15 is 0 Å². The van der Waals surface area contributed by atoms with Gasteiger partial charge in [-0.2, -0.15) is 5.26 Å². The molecule has 0 amide bonds. The Morgan fingerprint density at radius 1 is 1.06 bits per heavy atom. The van der Waals surface area contributed by atoms with Gasteiger partial charge in [0.05, 0.1) is 34.1 Å². The predicted molar refractivity (Wildman–Crippen MR) is 125 cm³/mol. The van der Waals surface area contributed by atoms with Crippen molar-refractivity contribution in [3.8, 4) is 11.9 Å². The third-order valence-corrected chi connectivity index (χ3v) is 5.18. The minimum atomic E-state index is 0.0182. The van der Waals surface area contributed by atoms with Crippen LogP contribution in [0.3, 0.4) is 0 Å². The normalized spacial score (nSPS) is 11.8. The number of aliphatic imine (C=N–C) groups is 1. The van der Waals surface area contributed by atoms with Gasteiger partial charge in [-0.15, -0.1) is 0 Å². The van der Waals surface area contributed by atoms with Crippen LogP contribution in [0.2, 0.25) is 5.02 Å². The first-order chi connectivity index (χ1) is 14.9. The molecule has 0 aliphatic rings. The molecule has 0 saturated carbocycles. The van der Waals surface area contributed by atoms with E-state index in [4.69, 9.17) is 21.9 Å². The van der Waals surface area contributed by atoms with E-state index in [-0.39, 0.29) is 5.88 Å². The van der Waals surface area contributed by atoms with Gasteiger partial charge in [0.2, 0.25) is 0 Å². The molecule has 4 aromatic rings. The summed E-state index contributed by atoms with van der Waals surface area (Å²) in [4.78, 5) is 9.98. The van der Waals surface area contributed by atoms with E-state index in [0.29, 0.717) is 21.9 Å². The Bertz CT molecular complexity index is 1300. The molecule has 0 radical (unpaired) electrons. The van der Waals surface area contributed by atoms with Gasteiger partial charge >= 0.3 is 0 Å². The van der Waals surface area contributed by atoms with Crippen molar-refractivity contribution < 1.29 is 5.11 Å². The molecule has 1 heterocycles. The summed E-state index contributed by atoms with van der Waals surface area (Å²) >= 11 is 6.12. The van der Waals surface area contributed by atoms with Crippen molar-refractivity contribution in [2.75, 3.05) is 14.1 Å². The summed E-state index contributed by atoms with van der Waals surface area (Å²) in [6.07, 6.45) is 0. The maximum atomic E-state index is 10.7. The molecule has 0 atom stereocenters. The average Bonchev–Trinajstić information content (AvgIpc) is 3.07. The van der Waals surface area contributed by atoms with E-state index in [2.05, 4.69) is 16.0 Å². The Labute approximate surface area is 185 Å². The predicted octanol–water partition coefficient (Wildman–Crippen LogP) is 5.63. The van der Waals surface area contributed by atoms with Gasteiger partial charge in [-0.25, -0.2) is 4.99 Å². The number of hydrogen-bond donors (Lipinski definition) is 2. The topological polar surface area (TPSA) is 75.4 Å². The molecule has 0 fully saturated rings. The first-order valence-electron chi connectivity index (χ1n) is 9.78. The van der Waals surface area contributed by atoms with Gasteiger partial charge in [0, 0.05) is 22.5 Å². The molecule has 154 valence electrons. The second-order valence-corrected chi connectivity index (χ2v) is 8.03. The lowest BCUT2D eigenvalue weighted by molar-refractivity contribution is 0.402. The Kier molecular flexibility index (Phi) is 5.77. The largest absolute Gasteiger partial charge is 0.494 e. The van der Waals surface area contributed by atoms with E-state index in [9.17, 15) is 5.11 Å². The number of aromatic amines is 1. The summed E-state index contributed by atoms with van der Waals surface area (Å²) < 4.78 is 0. The molecule has 0 aliphatic carbocycles. The molecule has 6 heteroatoms. The molecule has 0 spiro atoms. The van der Waals surface area contributed by atoms with E-state index < -0.39 is 0 Å². The average molecular weight is 429 g/mol. The van der Waals surface area contributed by atoms with Gasteiger partial charge in [-0.1, -0.05) is 41.9 Å². The van der Waals surface area contributed by atoms with Crippen molar-refractivity contribution in [3.05, 3.63) is 94.0 Å². The van der Waals surface area contributed by atoms with E-state index in [1.54, 1.807) is 24.3 Å². The lowest BCUT2D eigenvalue weighted by atomic mass is 9.99. The Morgan fingerprint density at radius 3 is 2.42 bits per heavy atom. The number of halogens is 1. The van der Waals surface area contributed by atoms with Crippen LogP contribution < -0.4 is 0 Å². The molecule has 0 saturated heterocycles. The van der Waals surface area contributed by atoms with E-state index in [0.717, 1.165) is 28.7 Å². The second kappa shape index (κ2) is 8.65. The maximum Gasteiger partial charge on any atom is 0.199 e. The summed E-state index contributed by atoms with van der Waals surface area (Å²) in [7, 11) is 4.06. The summed E-state index contributed by atoms with van der Waals surface area (Å²) in [5.41, 5.74) is 5.24. The van der Waals surface area contributed by atoms with Crippen LogP contribution in [0.25, 0.3) is 10.9 Å². The molecular formula is C25H21ClN4O. The van der Waals surface area contributed by atoms with E-state index in [1.807, 2.05) is 56.6 Å². The number of aromatic hydroxyl groups is 1. The lowest BCUT2D eigenvalue weighted by Crippen LogP contribution is -2.10. The SMILES string of the molecule is CN(C)Cc1ccc(N=C(c2ccc(C#N)cc2)c2c(O)[nH]c3cc(Cl)ccc23)cc1. The van der Waals surface area contributed by atoms with Gasteiger partial charge in [0.25, 0.3) is 0 Å². The number of fused-ring (bicyclic) bond motifs is 1. The first kappa shape index (κ1) is 20.7. The number of nitrogens with zero attached hydrogens (tertiary/aromatic N) is 3. The number of benzene rings is 3. The summed E-state index contributed by atoms with van der Waals surface area (Å²) in [5, 5.41) is 21.3. The highest BCUT2D eigenvalue weighted by Crippen LogP contribution is 2.33. The van der Waals surface area contributed by atoms with Crippen molar-refractivity contribution in [2.45, 2.75) is 6.54 Å². The van der Waals surface area contributed by atoms with Crippen LogP contribution in [0, 0.1) is 11.3 Å². The number of hydrogen-bond acceptors (Lipinski definition) is 4. The van der Waals surface area contributed by atoms with Crippen LogP contribution in [0.15, 0.2) is 71.7 Å². The van der Waals surface area contributed by atoms with Gasteiger partial charge in [0.1, 0.15) is 0 Å². The molecule has 31 heavy (non-hydrogen) atoms. The van der Waals surface area contributed by atoms with Crippen LogP contribution in [-0.4, -0.2) is 34.8 Å². The fourth-order valence-electron chi connectivity index (χ4n) is 3.53. The zero-order valence-electron chi connectivity index (χ0n) is 17.2. The molecule has 2 N–H and O–H groups in total. The maximum absolute atomic E-state index is 10.7. The van der Waals surface area contributed by atoms with E-state index in [1.165, 1.54) is 5.56 Å². The molecule has 1 aromatic heterocycles. The Balaban J connectivity index is 1.87. The highest BCUT2D eigenvalue weighted by molar-refractivity contribution is 6.31. The zero-order valence-corrected chi connectivity index (χ0v) is 18.0. The van der Waals surface area contributed by atoms with Crippen LogP contribution in [0.1, 0.15) is 22.3 Å². The van der Waals surface area contributed by atoms with Gasteiger partial charge in [-0.05, 0) is 56.1 Å². The van der Waals surface area contributed by atoms with Gasteiger partial charge < -0.3 is 15.0 Å². The summed E-state index contributed by atoms with van der Waals surface area (Å²) in [6.45, 7) is 0.844. The van der Waals surface area contributed by atoms with Crippen molar-refractivity contribution in [1.29, 1.82) is 5.26 Å². The molecule has 3 aromatic carbocycles. The van der Waals surface area contributed by atoms with Gasteiger partial charge in [-0.3, -0.25) is 0 Å². The van der Waals surface area contributed by atoms with Crippen molar-refractivity contribution in [1.82, 2.24) is 9.88 Å². The molecule has 5 nitrogen and oxygen atoms in total. The fraction of sp³-hybridized carbons (Fsp3) is 0.120. The third-order valence-electron chi connectivity index (χ3n) is 4.94. The summed E-state index contributed by atoms with van der Waals surface area (Å²) in [6, 6.07) is 22.7. The standard InChI is InChI=1S/C25H21ClN4O/c1-30(2)15-17-5-10-20(11-6-17)28-24(18-7-3-16(14-27)4-8-18)23-21-12-9-19(26)13-22(21)29-25(23)31/h3-13,29,31H,15H2,1-2H3. The number of rotatable bonds is 5. The first-order valence-corrected chi connectivity index (χ1v) is 10.2. The minimum Gasteiger partial charge on any atom is -0.494 e. The Morgan fingerprint density at radius 2 is 1.77 bits per heavy atom. The van der Waals surface area contributed by atoms with Crippen molar-refractivity contribution in [3.63, 3.8) is 0 Å². The van der Waals surface area contributed by atoms with Crippen LogP contribution in [0.4, 0.5) is 5.69 Å². The third kappa shape index (κ3) is 4.46.